The van der Waals surface area contributed by atoms with E-state index in [1.807, 2.05) is 4.68 Å². The Balaban J connectivity index is 1.94. The zero-order chi connectivity index (χ0) is 11.8. The fourth-order valence-corrected chi connectivity index (χ4v) is 2.98. The summed E-state index contributed by atoms with van der Waals surface area (Å²) in [7, 11) is 0. The Kier molecular flexibility index (Phi) is 2.55. The van der Waals surface area contributed by atoms with Crippen LogP contribution in [0.25, 0.3) is 0 Å². The summed E-state index contributed by atoms with van der Waals surface area (Å²) in [5, 5.41) is 8.88. The van der Waals surface area contributed by atoms with Crippen molar-refractivity contribution >= 4 is 11.8 Å². The van der Waals surface area contributed by atoms with Crippen LogP contribution in [0.4, 0.5) is 0 Å². The van der Waals surface area contributed by atoms with Crippen LogP contribution in [0.15, 0.2) is 29.7 Å². The van der Waals surface area contributed by atoms with Crippen LogP contribution >= 0.6 is 11.8 Å². The van der Waals surface area contributed by atoms with Crippen LogP contribution in [0, 0.1) is 13.8 Å². The van der Waals surface area contributed by atoms with Gasteiger partial charge in [0.2, 0.25) is 5.16 Å². The first-order valence-electron chi connectivity index (χ1n) is 5.60. The maximum atomic E-state index is 4.04. The lowest BCUT2D eigenvalue weighted by Crippen LogP contribution is -2.27. The summed E-state index contributed by atoms with van der Waals surface area (Å²) < 4.78 is 1.90. The first-order chi connectivity index (χ1) is 8.24. The normalized spacial score (nSPS) is 18.6. The van der Waals surface area contributed by atoms with Crippen molar-refractivity contribution in [2.45, 2.75) is 25.0 Å². The molecule has 17 heavy (non-hydrogen) atoms. The molecule has 1 aromatic carbocycles. The van der Waals surface area contributed by atoms with Crippen molar-refractivity contribution in [2.75, 3.05) is 11.2 Å². The monoisotopic (exact) mass is 246 g/mol. The van der Waals surface area contributed by atoms with Gasteiger partial charge in [-0.1, -0.05) is 35.5 Å². The van der Waals surface area contributed by atoms with Crippen LogP contribution in [0.2, 0.25) is 0 Å². The molecule has 0 saturated heterocycles. The SMILES string of the molecule is Cc1ccc(C)c(C2CSc3nncn3N2)c1. The smallest absolute Gasteiger partial charge is 0.209 e. The topological polar surface area (TPSA) is 42.7 Å². The highest BCUT2D eigenvalue weighted by Crippen LogP contribution is 2.30. The van der Waals surface area contributed by atoms with Gasteiger partial charge in [-0.2, -0.15) is 0 Å². The van der Waals surface area contributed by atoms with Crippen LogP contribution in [0.5, 0.6) is 0 Å². The van der Waals surface area contributed by atoms with Crippen molar-refractivity contribution in [1.29, 1.82) is 0 Å². The van der Waals surface area contributed by atoms with Crippen LogP contribution in [-0.2, 0) is 0 Å². The maximum Gasteiger partial charge on any atom is 0.209 e. The van der Waals surface area contributed by atoms with Gasteiger partial charge in [0.25, 0.3) is 0 Å². The summed E-state index contributed by atoms with van der Waals surface area (Å²) in [6.07, 6.45) is 1.72. The minimum Gasteiger partial charge on any atom is -0.314 e. The van der Waals surface area contributed by atoms with E-state index in [4.69, 9.17) is 0 Å². The van der Waals surface area contributed by atoms with E-state index in [-0.39, 0.29) is 0 Å². The number of hydrogen-bond acceptors (Lipinski definition) is 4. The Labute approximate surface area is 104 Å². The molecule has 2 aromatic rings. The van der Waals surface area contributed by atoms with Gasteiger partial charge < -0.3 is 5.43 Å². The maximum absolute atomic E-state index is 4.04. The van der Waals surface area contributed by atoms with E-state index in [9.17, 15) is 0 Å². The lowest BCUT2D eigenvalue weighted by molar-refractivity contribution is 0.656. The number of benzene rings is 1. The number of fused-ring (bicyclic) bond motifs is 1. The van der Waals surface area contributed by atoms with Gasteiger partial charge in [0.1, 0.15) is 6.33 Å². The van der Waals surface area contributed by atoms with Gasteiger partial charge in [0.05, 0.1) is 6.04 Å². The van der Waals surface area contributed by atoms with Gasteiger partial charge in [-0.25, -0.2) is 4.68 Å². The molecule has 4 nitrogen and oxygen atoms in total. The molecule has 1 aliphatic rings. The molecule has 0 spiro atoms. The molecule has 1 unspecified atom stereocenters. The minimum atomic E-state index is 0.323. The van der Waals surface area contributed by atoms with E-state index in [1.165, 1.54) is 16.7 Å². The molecule has 0 aliphatic carbocycles. The molecular weight excluding hydrogens is 232 g/mol. The fourth-order valence-electron chi connectivity index (χ4n) is 2.07. The lowest BCUT2D eigenvalue weighted by atomic mass is 10.0. The van der Waals surface area contributed by atoms with E-state index in [0.717, 1.165) is 10.9 Å². The molecule has 2 heterocycles. The van der Waals surface area contributed by atoms with Crippen molar-refractivity contribution < 1.29 is 0 Å². The Morgan fingerprint density at radius 3 is 3.18 bits per heavy atom. The summed E-state index contributed by atoms with van der Waals surface area (Å²) >= 11 is 1.74. The average Bonchev–Trinajstić information content (AvgIpc) is 2.79. The van der Waals surface area contributed by atoms with Crippen LogP contribution in [-0.4, -0.2) is 20.6 Å². The van der Waals surface area contributed by atoms with Crippen molar-refractivity contribution in [1.82, 2.24) is 14.9 Å². The number of aryl methyl sites for hydroxylation is 2. The predicted molar refractivity (Wildman–Crippen MR) is 68.8 cm³/mol. The standard InChI is InChI=1S/C12H14N4S/c1-8-3-4-9(2)10(5-8)11-6-17-12-14-13-7-16(12)15-11/h3-5,7,11,15H,6H2,1-2H3. The third-order valence-electron chi connectivity index (χ3n) is 3.00. The Morgan fingerprint density at radius 2 is 2.29 bits per heavy atom. The molecule has 88 valence electrons. The zero-order valence-electron chi connectivity index (χ0n) is 9.84. The van der Waals surface area contributed by atoms with Gasteiger partial charge in [0.15, 0.2) is 0 Å². The first-order valence-corrected chi connectivity index (χ1v) is 6.59. The van der Waals surface area contributed by atoms with E-state index in [1.54, 1.807) is 18.1 Å². The number of aromatic nitrogens is 3. The molecular formula is C12H14N4S. The van der Waals surface area contributed by atoms with Crippen molar-refractivity contribution in [3.8, 4) is 0 Å². The van der Waals surface area contributed by atoms with Crippen molar-refractivity contribution in [3.05, 3.63) is 41.2 Å². The van der Waals surface area contributed by atoms with Gasteiger partial charge in [-0.3, -0.25) is 0 Å². The molecule has 0 bridgehead atoms. The van der Waals surface area contributed by atoms with E-state index < -0.39 is 0 Å². The molecule has 1 aliphatic heterocycles. The van der Waals surface area contributed by atoms with E-state index >= 15 is 0 Å². The van der Waals surface area contributed by atoms with E-state index in [0.29, 0.717) is 6.04 Å². The molecule has 0 amide bonds. The summed E-state index contributed by atoms with van der Waals surface area (Å²) in [6, 6.07) is 6.91. The number of hydrogen-bond donors (Lipinski definition) is 1. The molecule has 0 radical (unpaired) electrons. The number of nitrogens with zero attached hydrogens (tertiary/aromatic N) is 3. The van der Waals surface area contributed by atoms with Crippen LogP contribution in [0.1, 0.15) is 22.7 Å². The molecule has 1 atom stereocenters. The summed E-state index contributed by atoms with van der Waals surface area (Å²) in [4.78, 5) is 0. The third kappa shape index (κ3) is 1.91. The highest BCUT2D eigenvalue weighted by atomic mass is 32.2. The molecule has 0 saturated carbocycles. The van der Waals surface area contributed by atoms with Gasteiger partial charge in [-0.05, 0) is 25.0 Å². The second-order valence-electron chi connectivity index (χ2n) is 4.34. The Morgan fingerprint density at radius 1 is 1.41 bits per heavy atom. The molecule has 1 N–H and O–H groups in total. The molecule has 1 aromatic heterocycles. The predicted octanol–water partition coefficient (Wildman–Crippen LogP) is 2.29. The Hall–Kier alpha value is -1.49. The highest BCUT2D eigenvalue weighted by molar-refractivity contribution is 7.99. The first kappa shape index (κ1) is 10.7. The minimum absolute atomic E-state index is 0.323. The highest BCUT2D eigenvalue weighted by Gasteiger charge is 2.21. The van der Waals surface area contributed by atoms with E-state index in [2.05, 4.69) is 47.7 Å². The lowest BCUT2D eigenvalue weighted by Gasteiger charge is -2.26. The summed E-state index contributed by atoms with van der Waals surface area (Å²) in [6.45, 7) is 4.28. The quantitative estimate of drug-likeness (QED) is 0.838. The zero-order valence-corrected chi connectivity index (χ0v) is 10.7. The third-order valence-corrected chi connectivity index (χ3v) is 4.04. The molecule has 0 fully saturated rings. The average molecular weight is 246 g/mol. The Bertz CT molecular complexity index is 549. The van der Waals surface area contributed by atoms with Gasteiger partial charge in [-0.15, -0.1) is 10.2 Å². The molecule has 3 rings (SSSR count). The van der Waals surface area contributed by atoms with Crippen LogP contribution < -0.4 is 5.43 Å². The number of thioether (sulfide) groups is 1. The summed E-state index contributed by atoms with van der Waals surface area (Å²) in [5.74, 6) is 0.989. The fraction of sp³-hybridized carbons (Fsp3) is 0.333. The number of nitrogens with one attached hydrogen (secondary N) is 1. The second kappa shape index (κ2) is 4.07. The molecule has 5 heteroatoms. The second-order valence-corrected chi connectivity index (χ2v) is 5.32. The van der Waals surface area contributed by atoms with Crippen molar-refractivity contribution in [3.63, 3.8) is 0 Å². The van der Waals surface area contributed by atoms with Crippen molar-refractivity contribution in [2.24, 2.45) is 0 Å². The van der Waals surface area contributed by atoms with Gasteiger partial charge >= 0.3 is 0 Å². The summed E-state index contributed by atoms with van der Waals surface area (Å²) in [5.41, 5.74) is 7.41. The van der Waals surface area contributed by atoms with Crippen LogP contribution in [0.3, 0.4) is 0 Å². The largest absolute Gasteiger partial charge is 0.314 e. The van der Waals surface area contributed by atoms with Gasteiger partial charge in [0, 0.05) is 5.75 Å². The number of rotatable bonds is 1.